The van der Waals surface area contributed by atoms with E-state index in [4.69, 9.17) is 23.2 Å². The van der Waals surface area contributed by atoms with Crippen LogP contribution in [0.3, 0.4) is 0 Å². The first-order chi connectivity index (χ1) is 8.73. The van der Waals surface area contributed by atoms with Crippen molar-refractivity contribution in [3.63, 3.8) is 0 Å². The molecule has 2 atom stereocenters. The predicted molar refractivity (Wildman–Crippen MR) is 81.7 cm³/mol. The van der Waals surface area contributed by atoms with Crippen LogP contribution in [0, 0.1) is 5.92 Å². The molecule has 0 amide bonds. The Labute approximate surface area is 123 Å². The van der Waals surface area contributed by atoms with Crippen molar-refractivity contribution in [2.24, 2.45) is 5.92 Å². The third kappa shape index (κ3) is 3.79. The van der Waals surface area contributed by atoms with Crippen molar-refractivity contribution in [1.29, 1.82) is 0 Å². The van der Waals surface area contributed by atoms with Crippen molar-refractivity contribution in [3.8, 4) is 0 Å². The topological polar surface area (TPSA) is 0 Å². The molecule has 0 spiro atoms. The third-order valence-corrected chi connectivity index (χ3v) is 6.55. The van der Waals surface area contributed by atoms with Gasteiger partial charge >= 0.3 is 0 Å². The van der Waals surface area contributed by atoms with E-state index in [1.54, 1.807) is 0 Å². The van der Waals surface area contributed by atoms with Gasteiger partial charge in [0.15, 0.2) is 0 Å². The van der Waals surface area contributed by atoms with E-state index in [0.717, 1.165) is 12.8 Å². The van der Waals surface area contributed by atoms with Crippen LogP contribution in [-0.4, -0.2) is 10.3 Å². The molecule has 0 nitrogen and oxygen atoms in total. The lowest BCUT2D eigenvalue weighted by Crippen LogP contribution is -2.42. The van der Waals surface area contributed by atoms with Gasteiger partial charge in [0.05, 0.1) is 10.3 Å². The van der Waals surface area contributed by atoms with Gasteiger partial charge in [-0.15, -0.1) is 23.2 Å². The number of alkyl halides is 2. The van der Waals surface area contributed by atoms with E-state index >= 15 is 0 Å². The molecular weight excluding hydrogens is 263 g/mol. The van der Waals surface area contributed by atoms with Crippen LogP contribution in [0.2, 0.25) is 0 Å². The second-order valence-corrected chi connectivity index (χ2v) is 7.62. The summed E-state index contributed by atoms with van der Waals surface area (Å²) in [5.74, 6) is 0.667. The summed E-state index contributed by atoms with van der Waals surface area (Å²) >= 11 is 13.8. The molecule has 0 aromatic rings. The molecule has 0 aromatic heterocycles. The van der Waals surface area contributed by atoms with Gasteiger partial charge in [-0.3, -0.25) is 0 Å². The summed E-state index contributed by atoms with van der Waals surface area (Å²) in [5, 5.41) is 0.198. The first-order valence-electron chi connectivity index (χ1n) is 8.06. The molecule has 106 valence electrons. The lowest BCUT2D eigenvalue weighted by molar-refractivity contribution is 0.250. The van der Waals surface area contributed by atoms with Crippen molar-refractivity contribution in [1.82, 2.24) is 0 Å². The van der Waals surface area contributed by atoms with Crippen LogP contribution in [0.15, 0.2) is 0 Å². The fourth-order valence-electron chi connectivity index (χ4n) is 3.87. The van der Waals surface area contributed by atoms with Crippen molar-refractivity contribution in [3.05, 3.63) is 0 Å². The average Bonchev–Trinajstić information content (AvgIpc) is 2.30. The Kier molecular flexibility index (Phi) is 6.15. The minimum absolute atomic E-state index is 0.0979. The third-order valence-electron chi connectivity index (χ3n) is 5.07. The molecule has 2 fully saturated rings. The maximum Gasteiger partial charge on any atom is 0.0637 e. The quantitative estimate of drug-likeness (QED) is 0.498. The highest BCUT2D eigenvalue weighted by atomic mass is 35.5. The monoisotopic (exact) mass is 290 g/mol. The SMILES string of the molecule is ClC1CCCCCCC1(Cl)C1CCCCCCC1. The molecule has 0 aliphatic heterocycles. The van der Waals surface area contributed by atoms with Crippen LogP contribution in [0.25, 0.3) is 0 Å². The molecule has 18 heavy (non-hydrogen) atoms. The summed E-state index contributed by atoms with van der Waals surface area (Å²) in [7, 11) is 0. The Morgan fingerprint density at radius 2 is 1.17 bits per heavy atom. The van der Waals surface area contributed by atoms with Crippen LogP contribution in [0.4, 0.5) is 0 Å². The summed E-state index contributed by atoms with van der Waals surface area (Å²) in [4.78, 5) is -0.0979. The average molecular weight is 291 g/mol. The summed E-state index contributed by atoms with van der Waals surface area (Å²) < 4.78 is 0. The van der Waals surface area contributed by atoms with Gasteiger partial charge in [-0.05, 0) is 31.6 Å². The first kappa shape index (κ1) is 15.0. The first-order valence-corrected chi connectivity index (χ1v) is 8.88. The zero-order valence-electron chi connectivity index (χ0n) is 11.6. The Morgan fingerprint density at radius 3 is 1.83 bits per heavy atom. The molecule has 2 rings (SSSR count). The molecule has 2 aliphatic rings. The number of hydrogen-bond acceptors (Lipinski definition) is 0. The Morgan fingerprint density at radius 1 is 0.667 bits per heavy atom. The van der Waals surface area contributed by atoms with Gasteiger partial charge < -0.3 is 0 Å². The van der Waals surface area contributed by atoms with E-state index in [2.05, 4.69) is 0 Å². The molecule has 0 radical (unpaired) electrons. The largest absolute Gasteiger partial charge is 0.121 e. The molecule has 2 heteroatoms. The van der Waals surface area contributed by atoms with Gasteiger partial charge in [0, 0.05) is 0 Å². The zero-order chi connectivity index (χ0) is 12.8. The molecular formula is C16H28Cl2. The molecule has 0 bridgehead atoms. The zero-order valence-corrected chi connectivity index (χ0v) is 13.1. The van der Waals surface area contributed by atoms with Gasteiger partial charge in [0.2, 0.25) is 0 Å². The van der Waals surface area contributed by atoms with E-state index in [0.29, 0.717) is 5.92 Å². The van der Waals surface area contributed by atoms with Gasteiger partial charge in [-0.25, -0.2) is 0 Å². The summed E-state index contributed by atoms with van der Waals surface area (Å²) in [6, 6.07) is 0. The lowest BCUT2D eigenvalue weighted by Gasteiger charge is -2.41. The fourth-order valence-corrected chi connectivity index (χ4v) is 4.77. The van der Waals surface area contributed by atoms with Crippen molar-refractivity contribution >= 4 is 23.2 Å². The van der Waals surface area contributed by atoms with Crippen LogP contribution < -0.4 is 0 Å². The smallest absolute Gasteiger partial charge is 0.0637 e. The summed E-state index contributed by atoms with van der Waals surface area (Å²) in [5.41, 5.74) is 0. The second kappa shape index (κ2) is 7.39. The highest BCUT2D eigenvalue weighted by Crippen LogP contribution is 2.46. The molecule has 0 aromatic carbocycles. The standard InChI is InChI=1S/C16H28Cl2/c17-15-12-8-4-5-9-13-16(15,18)14-10-6-2-1-3-7-11-14/h14-15H,1-13H2. The molecule has 0 saturated heterocycles. The predicted octanol–water partition coefficient (Wildman–Crippen LogP) is 6.29. The Balaban J connectivity index is 2.03. The van der Waals surface area contributed by atoms with E-state index < -0.39 is 0 Å². The lowest BCUT2D eigenvalue weighted by atomic mass is 9.75. The maximum atomic E-state index is 7.08. The van der Waals surface area contributed by atoms with Crippen LogP contribution in [0.5, 0.6) is 0 Å². The Bertz CT molecular complexity index is 233. The molecule has 0 N–H and O–H groups in total. The number of rotatable bonds is 1. The molecule has 2 saturated carbocycles. The van der Waals surface area contributed by atoms with Crippen molar-refractivity contribution in [2.75, 3.05) is 0 Å². The molecule has 2 unspecified atom stereocenters. The highest BCUT2D eigenvalue weighted by Gasteiger charge is 2.42. The fraction of sp³-hybridized carbons (Fsp3) is 1.00. The maximum absolute atomic E-state index is 7.08. The van der Waals surface area contributed by atoms with Gasteiger partial charge in [0.1, 0.15) is 0 Å². The normalized spacial score (nSPS) is 37.3. The molecule has 0 heterocycles. The second-order valence-electron chi connectivity index (χ2n) is 6.39. The van der Waals surface area contributed by atoms with E-state index in [1.165, 1.54) is 70.6 Å². The summed E-state index contributed by atoms with van der Waals surface area (Å²) in [6.07, 6.45) is 17.1. The van der Waals surface area contributed by atoms with E-state index in [-0.39, 0.29) is 10.3 Å². The van der Waals surface area contributed by atoms with Crippen molar-refractivity contribution in [2.45, 2.75) is 93.7 Å². The highest BCUT2D eigenvalue weighted by molar-refractivity contribution is 6.32. The minimum atomic E-state index is -0.0979. The van der Waals surface area contributed by atoms with Crippen LogP contribution in [-0.2, 0) is 0 Å². The van der Waals surface area contributed by atoms with Crippen molar-refractivity contribution < 1.29 is 0 Å². The van der Waals surface area contributed by atoms with Gasteiger partial charge in [0.25, 0.3) is 0 Å². The van der Waals surface area contributed by atoms with E-state index in [1.807, 2.05) is 0 Å². The van der Waals surface area contributed by atoms with E-state index in [9.17, 15) is 0 Å². The van der Waals surface area contributed by atoms with Crippen LogP contribution >= 0.6 is 23.2 Å². The minimum Gasteiger partial charge on any atom is -0.121 e. The number of halogens is 2. The van der Waals surface area contributed by atoms with Gasteiger partial charge in [-0.1, -0.05) is 57.8 Å². The van der Waals surface area contributed by atoms with Crippen LogP contribution in [0.1, 0.15) is 83.5 Å². The molecule has 2 aliphatic carbocycles. The summed E-state index contributed by atoms with van der Waals surface area (Å²) in [6.45, 7) is 0. The Hall–Kier alpha value is 0.580. The number of hydrogen-bond donors (Lipinski definition) is 0. The van der Waals surface area contributed by atoms with Gasteiger partial charge in [-0.2, -0.15) is 0 Å².